The predicted octanol–water partition coefficient (Wildman–Crippen LogP) is 3.84. The van der Waals surface area contributed by atoms with Crippen LogP contribution in [0, 0.1) is 0 Å². The van der Waals surface area contributed by atoms with Gasteiger partial charge in [0, 0.05) is 12.2 Å². The van der Waals surface area contributed by atoms with Gasteiger partial charge in [-0.25, -0.2) is 0 Å². The molecule has 5 nitrogen and oxygen atoms in total. The zero-order valence-corrected chi connectivity index (χ0v) is 16.7. The molecule has 0 saturated carbocycles. The lowest BCUT2D eigenvalue weighted by Crippen LogP contribution is -2.47. The SMILES string of the molecule is C[C@H](C(=O)N1CCc2ccccc21)N(C)CC(=O)Nc1c(Cl)cccc1Cl. The predicted molar refractivity (Wildman–Crippen MR) is 110 cm³/mol. The van der Waals surface area contributed by atoms with E-state index in [2.05, 4.69) is 5.32 Å². The molecule has 0 radical (unpaired) electrons. The first-order chi connectivity index (χ1) is 12.9. The second kappa shape index (κ2) is 8.30. The van der Waals surface area contributed by atoms with Gasteiger partial charge in [0.1, 0.15) is 0 Å². The fraction of sp³-hybridized carbons (Fsp3) is 0.300. The molecule has 1 aliphatic rings. The summed E-state index contributed by atoms with van der Waals surface area (Å²) in [6.45, 7) is 2.51. The van der Waals surface area contributed by atoms with E-state index in [1.54, 1.807) is 42.0 Å². The average Bonchev–Trinajstić information content (AvgIpc) is 3.07. The van der Waals surface area contributed by atoms with Gasteiger partial charge < -0.3 is 10.2 Å². The Kier molecular flexibility index (Phi) is 6.05. The lowest BCUT2D eigenvalue weighted by atomic mass is 10.2. The van der Waals surface area contributed by atoms with Gasteiger partial charge in [-0.2, -0.15) is 0 Å². The molecule has 7 heteroatoms. The lowest BCUT2D eigenvalue weighted by molar-refractivity contribution is -0.124. The molecule has 1 atom stereocenters. The first-order valence-corrected chi connectivity index (χ1v) is 9.47. The Morgan fingerprint density at radius 2 is 1.81 bits per heavy atom. The van der Waals surface area contributed by atoms with Gasteiger partial charge in [0.15, 0.2) is 0 Å². The van der Waals surface area contributed by atoms with Gasteiger partial charge in [0.2, 0.25) is 11.8 Å². The first-order valence-electron chi connectivity index (χ1n) is 8.72. The molecule has 0 bridgehead atoms. The summed E-state index contributed by atoms with van der Waals surface area (Å²) in [5.41, 5.74) is 2.51. The molecule has 0 aliphatic carbocycles. The maximum Gasteiger partial charge on any atom is 0.244 e. The standard InChI is InChI=1S/C20H21Cl2N3O2/c1-13(20(27)25-11-10-14-6-3-4-9-17(14)25)24(2)12-18(26)23-19-15(21)7-5-8-16(19)22/h3-9,13H,10-12H2,1-2H3,(H,23,26)/t13-/m1/s1. The molecule has 1 heterocycles. The highest BCUT2D eigenvalue weighted by Crippen LogP contribution is 2.30. The molecule has 1 aliphatic heterocycles. The molecule has 0 unspecified atom stereocenters. The van der Waals surface area contributed by atoms with Gasteiger partial charge in [0.05, 0.1) is 28.3 Å². The van der Waals surface area contributed by atoms with Gasteiger partial charge in [0.25, 0.3) is 0 Å². The quantitative estimate of drug-likeness (QED) is 0.821. The van der Waals surface area contributed by atoms with E-state index in [-0.39, 0.29) is 18.4 Å². The van der Waals surface area contributed by atoms with Crippen LogP contribution < -0.4 is 10.2 Å². The number of likely N-dealkylation sites (N-methyl/N-ethyl adjacent to an activating group) is 1. The van der Waals surface area contributed by atoms with E-state index in [9.17, 15) is 9.59 Å². The van der Waals surface area contributed by atoms with Gasteiger partial charge >= 0.3 is 0 Å². The van der Waals surface area contributed by atoms with Gasteiger partial charge in [-0.05, 0) is 44.2 Å². The maximum atomic E-state index is 12.9. The molecule has 27 heavy (non-hydrogen) atoms. The highest BCUT2D eigenvalue weighted by Gasteiger charge is 2.30. The number of para-hydroxylation sites is 2. The summed E-state index contributed by atoms with van der Waals surface area (Å²) in [4.78, 5) is 28.8. The molecule has 0 aromatic heterocycles. The second-order valence-electron chi connectivity index (χ2n) is 6.60. The minimum absolute atomic E-state index is 0.0222. The molecule has 0 saturated heterocycles. The number of anilines is 2. The van der Waals surface area contributed by atoms with Crippen LogP contribution in [0.2, 0.25) is 10.0 Å². The van der Waals surface area contributed by atoms with Crippen molar-refractivity contribution in [3.63, 3.8) is 0 Å². The van der Waals surface area contributed by atoms with Crippen LogP contribution in [0.1, 0.15) is 12.5 Å². The number of rotatable bonds is 5. The van der Waals surface area contributed by atoms with Crippen molar-refractivity contribution < 1.29 is 9.59 Å². The van der Waals surface area contributed by atoms with Crippen LogP contribution in [-0.4, -0.2) is 42.9 Å². The Bertz CT molecular complexity index is 852. The fourth-order valence-corrected chi connectivity index (χ4v) is 3.63. The molecule has 3 rings (SSSR count). The normalized spacial score (nSPS) is 14.2. The Labute approximate surface area is 168 Å². The van der Waals surface area contributed by atoms with Crippen LogP contribution in [0.5, 0.6) is 0 Å². The summed E-state index contributed by atoms with van der Waals surface area (Å²) in [6, 6.07) is 12.5. The summed E-state index contributed by atoms with van der Waals surface area (Å²) in [5.74, 6) is -0.306. The van der Waals surface area contributed by atoms with E-state index in [0.717, 1.165) is 12.1 Å². The second-order valence-corrected chi connectivity index (χ2v) is 7.42. The summed E-state index contributed by atoms with van der Waals surface area (Å²) in [6.07, 6.45) is 0.851. The summed E-state index contributed by atoms with van der Waals surface area (Å²) >= 11 is 12.2. The smallest absolute Gasteiger partial charge is 0.244 e. The first kappa shape index (κ1) is 19.7. The molecule has 0 fully saturated rings. The Morgan fingerprint density at radius 3 is 2.52 bits per heavy atom. The van der Waals surface area contributed by atoms with Crippen molar-refractivity contribution >= 4 is 46.4 Å². The highest BCUT2D eigenvalue weighted by atomic mass is 35.5. The molecular formula is C20H21Cl2N3O2. The van der Waals surface area contributed by atoms with E-state index in [1.165, 1.54) is 5.56 Å². The van der Waals surface area contributed by atoms with Crippen molar-refractivity contribution in [1.29, 1.82) is 0 Å². The summed E-state index contributed by atoms with van der Waals surface area (Å²) < 4.78 is 0. The van der Waals surface area contributed by atoms with Crippen molar-refractivity contribution in [2.24, 2.45) is 0 Å². The van der Waals surface area contributed by atoms with Crippen molar-refractivity contribution in [1.82, 2.24) is 4.90 Å². The zero-order chi connectivity index (χ0) is 19.6. The topological polar surface area (TPSA) is 52.7 Å². The molecule has 2 aromatic rings. The average molecular weight is 406 g/mol. The molecule has 1 N–H and O–H groups in total. The lowest BCUT2D eigenvalue weighted by Gasteiger charge is -2.28. The Morgan fingerprint density at radius 1 is 1.15 bits per heavy atom. The van der Waals surface area contributed by atoms with Crippen LogP contribution in [0.4, 0.5) is 11.4 Å². The number of hydrogen-bond acceptors (Lipinski definition) is 3. The summed E-state index contributed by atoms with van der Waals surface area (Å²) in [5, 5.41) is 3.46. The molecule has 2 amide bonds. The zero-order valence-electron chi connectivity index (χ0n) is 15.2. The number of nitrogens with zero attached hydrogens (tertiary/aromatic N) is 2. The number of amides is 2. The number of halogens is 2. The highest BCUT2D eigenvalue weighted by molar-refractivity contribution is 6.39. The Balaban J connectivity index is 1.63. The minimum Gasteiger partial charge on any atom is -0.322 e. The minimum atomic E-state index is -0.441. The van der Waals surface area contributed by atoms with Crippen molar-refractivity contribution in [3.8, 4) is 0 Å². The molecular weight excluding hydrogens is 385 g/mol. The number of fused-ring (bicyclic) bond motifs is 1. The maximum absolute atomic E-state index is 12.9. The van der Waals surface area contributed by atoms with Crippen molar-refractivity contribution in [2.75, 3.05) is 30.4 Å². The van der Waals surface area contributed by atoms with E-state index in [1.807, 2.05) is 24.3 Å². The number of hydrogen-bond donors (Lipinski definition) is 1. The van der Waals surface area contributed by atoms with Gasteiger partial charge in [-0.15, -0.1) is 0 Å². The molecule has 0 spiro atoms. The fourth-order valence-electron chi connectivity index (χ4n) is 3.14. The third kappa shape index (κ3) is 4.26. The van der Waals surface area contributed by atoms with Gasteiger partial charge in [-0.3, -0.25) is 14.5 Å². The Hall–Kier alpha value is -2.08. The van der Waals surface area contributed by atoms with Crippen LogP contribution in [0.15, 0.2) is 42.5 Å². The number of nitrogens with one attached hydrogen (secondary N) is 1. The largest absolute Gasteiger partial charge is 0.322 e. The van der Waals surface area contributed by atoms with Crippen LogP contribution in [0.3, 0.4) is 0 Å². The summed E-state index contributed by atoms with van der Waals surface area (Å²) in [7, 11) is 1.75. The van der Waals surface area contributed by atoms with Crippen molar-refractivity contribution in [3.05, 3.63) is 58.1 Å². The molecule has 2 aromatic carbocycles. The van der Waals surface area contributed by atoms with Gasteiger partial charge in [-0.1, -0.05) is 47.5 Å². The monoisotopic (exact) mass is 405 g/mol. The number of carbonyl (C=O) groups excluding carboxylic acids is 2. The third-order valence-electron chi connectivity index (χ3n) is 4.79. The third-order valence-corrected chi connectivity index (χ3v) is 5.42. The van der Waals surface area contributed by atoms with E-state index >= 15 is 0 Å². The number of benzene rings is 2. The van der Waals surface area contributed by atoms with Crippen LogP contribution in [-0.2, 0) is 16.0 Å². The van der Waals surface area contributed by atoms with E-state index < -0.39 is 6.04 Å². The van der Waals surface area contributed by atoms with Crippen LogP contribution in [0.25, 0.3) is 0 Å². The number of carbonyl (C=O) groups is 2. The van der Waals surface area contributed by atoms with Crippen molar-refractivity contribution in [2.45, 2.75) is 19.4 Å². The van der Waals surface area contributed by atoms with Crippen LogP contribution >= 0.6 is 23.2 Å². The van der Waals surface area contributed by atoms with E-state index in [0.29, 0.717) is 22.3 Å². The molecule has 142 valence electrons. The van der Waals surface area contributed by atoms with E-state index in [4.69, 9.17) is 23.2 Å².